The summed E-state index contributed by atoms with van der Waals surface area (Å²) in [6.07, 6.45) is 0.446. The maximum absolute atomic E-state index is 12.3. The van der Waals surface area contributed by atoms with Gasteiger partial charge >= 0.3 is 0 Å². The van der Waals surface area contributed by atoms with Crippen molar-refractivity contribution in [3.05, 3.63) is 63.7 Å². The van der Waals surface area contributed by atoms with Gasteiger partial charge in [-0.05, 0) is 49.2 Å². The molecular formula is C16H17N3O5S. The van der Waals surface area contributed by atoms with E-state index in [4.69, 9.17) is 0 Å². The zero-order chi connectivity index (χ0) is 18.6. The summed E-state index contributed by atoms with van der Waals surface area (Å²) < 4.78 is 24.7. The van der Waals surface area contributed by atoms with Crippen LogP contribution in [0.5, 0.6) is 5.75 Å². The van der Waals surface area contributed by atoms with Gasteiger partial charge in [0.05, 0.1) is 15.5 Å². The number of rotatable bonds is 6. The van der Waals surface area contributed by atoms with E-state index in [0.717, 1.165) is 6.07 Å². The summed E-state index contributed by atoms with van der Waals surface area (Å²) in [6.45, 7) is 3.33. The van der Waals surface area contributed by atoms with Gasteiger partial charge in [-0.15, -0.1) is 0 Å². The molecule has 2 N–H and O–H groups in total. The predicted molar refractivity (Wildman–Crippen MR) is 93.1 cm³/mol. The number of nitro benzene ring substituents is 1. The lowest BCUT2D eigenvalue weighted by atomic mass is 10.1. The summed E-state index contributed by atoms with van der Waals surface area (Å²) in [5, 5.41) is 24.2. The van der Waals surface area contributed by atoms with Crippen molar-refractivity contribution in [1.29, 1.82) is 0 Å². The number of nitrogens with zero attached hydrogens (tertiary/aromatic N) is 2. The van der Waals surface area contributed by atoms with Crippen LogP contribution in [0, 0.1) is 17.0 Å². The molecule has 0 heterocycles. The number of hydrazone groups is 1. The van der Waals surface area contributed by atoms with E-state index in [2.05, 4.69) is 9.93 Å². The van der Waals surface area contributed by atoms with Gasteiger partial charge in [-0.1, -0.05) is 13.0 Å². The molecule has 0 aliphatic carbocycles. The number of aryl methyl sites for hydroxylation is 1. The second-order valence-corrected chi connectivity index (χ2v) is 6.92. The molecule has 0 bridgehead atoms. The molecule has 132 valence electrons. The second-order valence-electron chi connectivity index (χ2n) is 5.26. The Kier molecular flexibility index (Phi) is 5.38. The number of benzene rings is 2. The number of aromatic hydroxyl groups is 1. The Balaban J connectivity index is 2.33. The number of nitrogens with one attached hydrogen (secondary N) is 1. The van der Waals surface area contributed by atoms with Gasteiger partial charge in [0.2, 0.25) is 0 Å². The Morgan fingerprint density at radius 1 is 1.24 bits per heavy atom. The van der Waals surface area contributed by atoms with Crippen molar-refractivity contribution in [3.63, 3.8) is 0 Å². The highest BCUT2D eigenvalue weighted by Crippen LogP contribution is 2.22. The normalized spacial score (nSPS) is 12.0. The van der Waals surface area contributed by atoms with E-state index in [1.54, 1.807) is 19.1 Å². The van der Waals surface area contributed by atoms with Crippen LogP contribution < -0.4 is 4.83 Å². The van der Waals surface area contributed by atoms with Gasteiger partial charge in [-0.3, -0.25) is 10.1 Å². The highest BCUT2D eigenvalue weighted by molar-refractivity contribution is 7.89. The van der Waals surface area contributed by atoms with Gasteiger partial charge in [0, 0.05) is 11.6 Å². The minimum Gasteiger partial charge on any atom is -0.508 e. The van der Waals surface area contributed by atoms with Crippen LogP contribution >= 0.6 is 0 Å². The number of sulfonamides is 1. The van der Waals surface area contributed by atoms with E-state index in [9.17, 15) is 23.6 Å². The third kappa shape index (κ3) is 4.32. The molecule has 8 nitrogen and oxygen atoms in total. The van der Waals surface area contributed by atoms with Crippen LogP contribution in [0.4, 0.5) is 5.69 Å². The van der Waals surface area contributed by atoms with Crippen molar-refractivity contribution < 1.29 is 18.4 Å². The average molecular weight is 363 g/mol. The number of phenols is 1. The Morgan fingerprint density at radius 2 is 1.88 bits per heavy atom. The van der Waals surface area contributed by atoms with Crippen molar-refractivity contribution in [3.8, 4) is 5.75 Å². The van der Waals surface area contributed by atoms with Crippen LogP contribution in [0.1, 0.15) is 24.5 Å². The summed E-state index contributed by atoms with van der Waals surface area (Å²) in [7, 11) is -4.05. The van der Waals surface area contributed by atoms with E-state index in [0.29, 0.717) is 23.3 Å². The van der Waals surface area contributed by atoms with Gasteiger partial charge in [-0.25, -0.2) is 0 Å². The van der Waals surface area contributed by atoms with Gasteiger partial charge < -0.3 is 5.11 Å². The lowest BCUT2D eigenvalue weighted by molar-refractivity contribution is -0.385. The predicted octanol–water partition coefficient (Wildman–Crippen LogP) is 2.70. The van der Waals surface area contributed by atoms with Crippen molar-refractivity contribution in [2.45, 2.75) is 25.2 Å². The zero-order valence-electron chi connectivity index (χ0n) is 13.6. The summed E-state index contributed by atoms with van der Waals surface area (Å²) in [5.74, 6) is 0.0896. The van der Waals surface area contributed by atoms with Crippen LogP contribution in [0.25, 0.3) is 0 Å². The van der Waals surface area contributed by atoms with Gasteiger partial charge in [0.1, 0.15) is 5.75 Å². The average Bonchev–Trinajstić information content (AvgIpc) is 2.56. The molecule has 2 aromatic rings. The number of hydrogen-bond acceptors (Lipinski definition) is 6. The van der Waals surface area contributed by atoms with Crippen molar-refractivity contribution in [1.82, 2.24) is 4.83 Å². The molecule has 0 spiro atoms. The molecule has 0 fully saturated rings. The van der Waals surface area contributed by atoms with Crippen LogP contribution in [0.3, 0.4) is 0 Å². The van der Waals surface area contributed by atoms with E-state index >= 15 is 0 Å². The van der Waals surface area contributed by atoms with E-state index in [1.165, 1.54) is 31.2 Å². The lowest BCUT2D eigenvalue weighted by Gasteiger charge is -2.08. The molecule has 0 aliphatic rings. The molecule has 0 aliphatic heterocycles. The molecule has 0 saturated carbocycles. The summed E-state index contributed by atoms with van der Waals surface area (Å²) >= 11 is 0. The molecule has 0 saturated heterocycles. The van der Waals surface area contributed by atoms with Crippen molar-refractivity contribution >= 4 is 21.4 Å². The molecule has 0 atom stereocenters. The van der Waals surface area contributed by atoms with Crippen LogP contribution in [-0.4, -0.2) is 24.2 Å². The van der Waals surface area contributed by atoms with Crippen molar-refractivity contribution in [2.24, 2.45) is 5.10 Å². The molecule has 2 rings (SSSR count). The Hall–Kier alpha value is -2.94. The largest absolute Gasteiger partial charge is 0.508 e. The Morgan fingerprint density at radius 3 is 2.44 bits per heavy atom. The Bertz CT molecular complexity index is 921. The molecule has 0 amide bonds. The minimum absolute atomic E-state index is 0.0896. The second kappa shape index (κ2) is 7.31. The van der Waals surface area contributed by atoms with Gasteiger partial charge in [0.25, 0.3) is 15.7 Å². The molecule has 2 aromatic carbocycles. The quantitative estimate of drug-likeness (QED) is 0.464. The van der Waals surface area contributed by atoms with Crippen molar-refractivity contribution in [2.75, 3.05) is 0 Å². The maximum atomic E-state index is 12.3. The topological polar surface area (TPSA) is 122 Å². The fourth-order valence-electron chi connectivity index (χ4n) is 2.12. The Labute approximate surface area is 145 Å². The molecule has 0 unspecified atom stereocenters. The third-order valence-corrected chi connectivity index (χ3v) is 4.73. The van der Waals surface area contributed by atoms with Crippen LogP contribution in [0.15, 0.2) is 52.5 Å². The SMILES string of the molecule is CCC(=NNS(=O)(=O)c1ccc(C)c([N+](=O)[O-])c1)c1ccc(O)cc1. The standard InChI is InChI=1S/C16H17N3O5S/c1-3-15(12-5-7-13(20)8-6-12)17-18-25(23,24)14-9-4-11(2)16(10-14)19(21)22/h4-10,18,20H,3H2,1-2H3. The first-order valence-electron chi connectivity index (χ1n) is 7.37. The third-order valence-electron chi connectivity index (χ3n) is 3.52. The summed E-state index contributed by atoms with van der Waals surface area (Å²) in [4.78, 5) is 12.2. The fourth-order valence-corrected chi connectivity index (χ4v) is 2.97. The first-order chi connectivity index (χ1) is 11.7. The number of phenolic OH excluding ortho intramolecular Hbond substituents is 1. The van der Waals surface area contributed by atoms with Gasteiger partial charge in [0.15, 0.2) is 0 Å². The summed E-state index contributed by atoms with van der Waals surface area (Å²) in [6, 6.07) is 9.82. The first kappa shape index (κ1) is 18.4. The van der Waals surface area contributed by atoms with E-state index in [1.807, 2.05) is 0 Å². The minimum atomic E-state index is -4.05. The zero-order valence-corrected chi connectivity index (χ0v) is 14.4. The maximum Gasteiger partial charge on any atom is 0.276 e. The highest BCUT2D eigenvalue weighted by Gasteiger charge is 2.19. The number of hydrogen-bond donors (Lipinski definition) is 2. The van der Waals surface area contributed by atoms with E-state index in [-0.39, 0.29) is 16.3 Å². The summed E-state index contributed by atoms with van der Waals surface area (Å²) in [5.41, 5.74) is 1.20. The first-order valence-corrected chi connectivity index (χ1v) is 8.85. The highest BCUT2D eigenvalue weighted by atomic mass is 32.2. The monoisotopic (exact) mass is 363 g/mol. The molecule has 9 heteroatoms. The molecule has 0 radical (unpaired) electrons. The fraction of sp³-hybridized carbons (Fsp3) is 0.188. The molecule has 25 heavy (non-hydrogen) atoms. The lowest BCUT2D eigenvalue weighted by Crippen LogP contribution is -2.20. The van der Waals surface area contributed by atoms with E-state index < -0.39 is 14.9 Å². The smallest absolute Gasteiger partial charge is 0.276 e. The molecule has 0 aromatic heterocycles. The van der Waals surface area contributed by atoms with Crippen LogP contribution in [0.2, 0.25) is 0 Å². The van der Waals surface area contributed by atoms with Crippen LogP contribution in [-0.2, 0) is 10.0 Å². The molecular weight excluding hydrogens is 346 g/mol. The number of nitro groups is 1. The van der Waals surface area contributed by atoms with Gasteiger partial charge in [-0.2, -0.15) is 18.4 Å².